The second-order valence-electron chi connectivity index (χ2n) is 9.04. The maximum absolute atomic E-state index is 13.3. The van der Waals surface area contributed by atoms with Crippen molar-refractivity contribution in [2.24, 2.45) is 5.41 Å². The number of alkyl halides is 3. The summed E-state index contributed by atoms with van der Waals surface area (Å²) in [6, 6.07) is 6.86. The number of amides is 1. The number of Topliss-reactive ketones (excluding diaryl/α,β-unsaturated/α-hetero) is 1. The van der Waals surface area contributed by atoms with Crippen molar-refractivity contribution in [1.82, 2.24) is 20.3 Å². The second kappa shape index (κ2) is 10.6. The van der Waals surface area contributed by atoms with E-state index in [1.807, 2.05) is 0 Å². The van der Waals surface area contributed by atoms with E-state index in [9.17, 15) is 22.8 Å². The Bertz CT molecular complexity index is 1290. The number of ketones is 1. The molecule has 3 aromatic rings. The van der Waals surface area contributed by atoms with E-state index in [2.05, 4.69) is 25.6 Å². The summed E-state index contributed by atoms with van der Waals surface area (Å²) in [6.45, 7) is 4.04. The molecule has 1 aliphatic heterocycles. The highest BCUT2D eigenvalue weighted by Gasteiger charge is 2.44. The number of nitrogens with zero attached hydrogens (tertiary/aromatic N) is 3. The van der Waals surface area contributed by atoms with Crippen molar-refractivity contribution in [2.45, 2.75) is 39.4 Å². The normalized spacial score (nSPS) is 17.4. The van der Waals surface area contributed by atoms with Gasteiger partial charge in [0.1, 0.15) is 5.82 Å². The Morgan fingerprint density at radius 2 is 1.81 bits per heavy atom. The van der Waals surface area contributed by atoms with Crippen molar-refractivity contribution < 1.29 is 27.5 Å². The maximum atomic E-state index is 13.3. The van der Waals surface area contributed by atoms with E-state index < -0.39 is 17.2 Å². The quantitative estimate of drug-likeness (QED) is 0.426. The van der Waals surface area contributed by atoms with Crippen LogP contribution in [0.3, 0.4) is 0 Å². The average molecular weight is 514 g/mol. The fraction of sp³-hybridized carbons (Fsp3) is 0.346. The molecule has 1 aromatic carbocycles. The molecule has 1 amide bonds. The molecule has 37 heavy (non-hydrogen) atoms. The molecule has 2 aromatic heterocycles. The molecule has 0 radical (unpaired) electrons. The summed E-state index contributed by atoms with van der Waals surface area (Å²) in [5.41, 5.74) is 0.0745. The fourth-order valence-electron chi connectivity index (χ4n) is 4.15. The van der Waals surface area contributed by atoms with Crippen LogP contribution in [-0.4, -0.2) is 39.9 Å². The Labute approximate surface area is 211 Å². The van der Waals surface area contributed by atoms with E-state index in [0.29, 0.717) is 41.4 Å². The predicted octanol–water partition coefficient (Wildman–Crippen LogP) is 4.55. The third kappa shape index (κ3) is 6.11. The Balaban J connectivity index is 1.43. The lowest BCUT2D eigenvalue weighted by atomic mass is 9.80. The summed E-state index contributed by atoms with van der Waals surface area (Å²) in [4.78, 5) is 38.4. The van der Waals surface area contributed by atoms with Gasteiger partial charge >= 0.3 is 6.18 Å². The molecule has 194 valence electrons. The van der Waals surface area contributed by atoms with Crippen LogP contribution in [0.25, 0.3) is 0 Å². The number of para-hydroxylation sites is 1. The average Bonchev–Trinajstić information content (AvgIpc) is 3.33. The molecule has 0 saturated carbocycles. The number of hydrogen-bond donors (Lipinski definition) is 2. The molecule has 2 N–H and O–H groups in total. The van der Waals surface area contributed by atoms with Gasteiger partial charge in [0.25, 0.3) is 0 Å². The molecule has 1 aliphatic rings. The summed E-state index contributed by atoms with van der Waals surface area (Å²) < 4.78 is 45.3. The van der Waals surface area contributed by atoms with Crippen molar-refractivity contribution in [3.8, 4) is 0 Å². The summed E-state index contributed by atoms with van der Waals surface area (Å²) >= 11 is 0. The number of aromatic nitrogens is 3. The van der Waals surface area contributed by atoms with Crippen molar-refractivity contribution in [3.63, 3.8) is 0 Å². The van der Waals surface area contributed by atoms with Gasteiger partial charge in [-0.1, -0.05) is 12.1 Å². The minimum absolute atomic E-state index is 0.0425. The van der Waals surface area contributed by atoms with E-state index >= 15 is 0 Å². The number of nitrogens with one attached hydrogen (secondary N) is 2. The van der Waals surface area contributed by atoms with Gasteiger partial charge in [-0.3, -0.25) is 14.6 Å². The summed E-state index contributed by atoms with van der Waals surface area (Å²) in [5, 5.41) is 5.62. The molecule has 3 heterocycles. The molecule has 1 fully saturated rings. The Morgan fingerprint density at radius 1 is 1.08 bits per heavy atom. The van der Waals surface area contributed by atoms with E-state index in [4.69, 9.17) is 4.74 Å². The molecule has 8 nitrogen and oxygen atoms in total. The number of benzene rings is 1. The Kier molecular flexibility index (Phi) is 7.53. The molecule has 0 bridgehead atoms. The lowest BCUT2D eigenvalue weighted by Crippen LogP contribution is -2.43. The van der Waals surface area contributed by atoms with Crippen LogP contribution in [0.5, 0.6) is 0 Å². The van der Waals surface area contributed by atoms with Crippen LogP contribution >= 0.6 is 0 Å². The van der Waals surface area contributed by atoms with E-state index in [1.165, 1.54) is 36.8 Å². The third-order valence-corrected chi connectivity index (χ3v) is 6.30. The van der Waals surface area contributed by atoms with Crippen LogP contribution in [-0.2, 0) is 22.3 Å². The molecule has 1 atom stereocenters. The molecule has 1 saturated heterocycles. The van der Waals surface area contributed by atoms with Crippen LogP contribution in [0.1, 0.15) is 45.8 Å². The standard InChI is InChI=1S/C26H26F3N5O3/c1-16-9-19(34-21-6-4-3-5-20(21)26(27,28)29)13-32-22(16)14-33-24(36)25(7-8-37-15-25)10-23(35)18-11-30-17(2)31-12-18/h3-6,9,11-13,34H,7-8,10,14-15H2,1-2H3,(H,33,36)/t25-/m0/s1. The molecule has 0 spiro atoms. The number of ether oxygens (including phenoxy) is 1. The second-order valence-corrected chi connectivity index (χ2v) is 9.04. The van der Waals surface area contributed by atoms with E-state index in [1.54, 1.807) is 19.9 Å². The van der Waals surface area contributed by atoms with Gasteiger partial charge in [0.2, 0.25) is 5.91 Å². The molecular weight excluding hydrogens is 487 g/mol. The first-order chi connectivity index (χ1) is 17.6. The topological polar surface area (TPSA) is 106 Å². The van der Waals surface area contributed by atoms with Gasteiger partial charge in [0, 0.05) is 25.4 Å². The molecule has 0 unspecified atom stereocenters. The van der Waals surface area contributed by atoms with Crippen LogP contribution < -0.4 is 10.6 Å². The van der Waals surface area contributed by atoms with Crippen LogP contribution in [0, 0.1) is 19.3 Å². The monoisotopic (exact) mass is 513 g/mol. The SMILES string of the molecule is Cc1ncc(C(=O)C[C@@]2(C(=O)NCc3ncc(Nc4ccccc4C(F)(F)F)cc3C)CCOC2)cn1. The number of anilines is 2. The zero-order valence-corrected chi connectivity index (χ0v) is 20.4. The van der Waals surface area contributed by atoms with E-state index in [0.717, 1.165) is 6.07 Å². The number of carbonyl (C=O) groups is 2. The fourth-order valence-corrected chi connectivity index (χ4v) is 4.15. The maximum Gasteiger partial charge on any atom is 0.418 e. The lowest BCUT2D eigenvalue weighted by molar-refractivity contribution is -0.137. The first-order valence-electron chi connectivity index (χ1n) is 11.6. The summed E-state index contributed by atoms with van der Waals surface area (Å²) in [5.74, 6) is -0.0275. The van der Waals surface area contributed by atoms with Crippen LogP contribution in [0.4, 0.5) is 24.5 Å². The van der Waals surface area contributed by atoms with Gasteiger partial charge < -0.3 is 15.4 Å². The first kappa shape index (κ1) is 26.2. The van der Waals surface area contributed by atoms with Crippen molar-refractivity contribution in [2.75, 3.05) is 18.5 Å². The largest absolute Gasteiger partial charge is 0.418 e. The van der Waals surface area contributed by atoms with Crippen molar-refractivity contribution in [1.29, 1.82) is 0 Å². The number of rotatable bonds is 8. The number of carbonyl (C=O) groups excluding carboxylic acids is 2. The lowest BCUT2D eigenvalue weighted by Gasteiger charge is -2.25. The van der Waals surface area contributed by atoms with Crippen LogP contribution in [0.2, 0.25) is 0 Å². The van der Waals surface area contributed by atoms with Gasteiger partial charge in [0.15, 0.2) is 5.78 Å². The molecule has 0 aliphatic carbocycles. The smallest absolute Gasteiger partial charge is 0.380 e. The highest BCUT2D eigenvalue weighted by atomic mass is 19.4. The highest BCUT2D eigenvalue weighted by Crippen LogP contribution is 2.36. The Hall–Kier alpha value is -3.86. The van der Waals surface area contributed by atoms with Gasteiger partial charge in [0.05, 0.1) is 53.0 Å². The number of aryl methyl sites for hydroxylation is 2. The molecule has 4 rings (SSSR count). The zero-order valence-electron chi connectivity index (χ0n) is 20.4. The van der Waals surface area contributed by atoms with Gasteiger partial charge in [-0.05, 0) is 44.0 Å². The number of hydrogen-bond acceptors (Lipinski definition) is 7. The van der Waals surface area contributed by atoms with E-state index in [-0.39, 0.29) is 37.0 Å². The van der Waals surface area contributed by atoms with Crippen molar-refractivity contribution >= 4 is 23.1 Å². The predicted molar refractivity (Wildman–Crippen MR) is 129 cm³/mol. The van der Waals surface area contributed by atoms with Crippen molar-refractivity contribution in [3.05, 3.63) is 77.1 Å². The van der Waals surface area contributed by atoms with Gasteiger partial charge in [-0.15, -0.1) is 0 Å². The number of pyridine rings is 1. The summed E-state index contributed by atoms with van der Waals surface area (Å²) in [6.07, 6.45) is 0.162. The molecular formula is C26H26F3N5O3. The van der Waals surface area contributed by atoms with Gasteiger partial charge in [-0.25, -0.2) is 9.97 Å². The minimum Gasteiger partial charge on any atom is -0.380 e. The zero-order chi connectivity index (χ0) is 26.6. The first-order valence-corrected chi connectivity index (χ1v) is 11.6. The van der Waals surface area contributed by atoms with Crippen LogP contribution in [0.15, 0.2) is 48.9 Å². The minimum atomic E-state index is -4.50. The highest BCUT2D eigenvalue weighted by molar-refractivity contribution is 5.99. The third-order valence-electron chi connectivity index (χ3n) is 6.30. The Morgan fingerprint density at radius 3 is 2.46 bits per heavy atom. The molecule has 11 heteroatoms. The number of halogens is 3. The summed E-state index contributed by atoms with van der Waals surface area (Å²) in [7, 11) is 0. The van der Waals surface area contributed by atoms with Gasteiger partial charge in [-0.2, -0.15) is 13.2 Å².